The van der Waals surface area contributed by atoms with Gasteiger partial charge in [0.25, 0.3) is 0 Å². The number of hydrazine groups is 1. The number of carbonyl (C=O) groups is 2. The van der Waals surface area contributed by atoms with E-state index in [1.165, 1.54) is 11.8 Å². The number of benzene rings is 1. The van der Waals surface area contributed by atoms with Crippen LogP contribution in [0.2, 0.25) is 0 Å². The van der Waals surface area contributed by atoms with E-state index < -0.39 is 15.7 Å². The van der Waals surface area contributed by atoms with Crippen molar-refractivity contribution >= 4 is 44.3 Å². The summed E-state index contributed by atoms with van der Waals surface area (Å²) in [7, 11) is -3.02. The number of aryl methyl sites for hydroxylation is 1. The number of sulfone groups is 1. The summed E-state index contributed by atoms with van der Waals surface area (Å²) in [5.74, 6) is -0.0806. The van der Waals surface area contributed by atoms with Gasteiger partial charge >= 0.3 is 0 Å². The van der Waals surface area contributed by atoms with Gasteiger partial charge in [-0.05, 0) is 25.3 Å². The summed E-state index contributed by atoms with van der Waals surface area (Å²) >= 11 is 1.26. The third kappa shape index (κ3) is 5.39. The van der Waals surface area contributed by atoms with Crippen molar-refractivity contribution in [1.29, 1.82) is 0 Å². The topological polar surface area (TPSA) is 118 Å². The molecule has 3 rings (SSSR count). The van der Waals surface area contributed by atoms with Gasteiger partial charge in [0.2, 0.25) is 11.8 Å². The fourth-order valence-corrected chi connectivity index (χ4v) is 5.65. The van der Waals surface area contributed by atoms with E-state index >= 15 is 0 Å². The van der Waals surface area contributed by atoms with E-state index in [9.17, 15) is 18.0 Å². The Morgan fingerprint density at radius 1 is 1.19 bits per heavy atom. The summed E-state index contributed by atoms with van der Waals surface area (Å²) in [5.41, 5.74) is 5.51. The molecule has 2 amide bonds. The van der Waals surface area contributed by atoms with Crippen molar-refractivity contribution in [3.63, 3.8) is 0 Å². The van der Waals surface area contributed by atoms with Crippen molar-refractivity contribution in [1.82, 2.24) is 20.8 Å². The average molecular weight is 409 g/mol. The second-order valence-corrected chi connectivity index (χ2v) is 9.64. The first-order valence-corrected chi connectivity index (χ1v) is 11.3. The molecule has 1 fully saturated rings. The zero-order valence-electron chi connectivity index (χ0n) is 14.8. The molecule has 1 aliphatic heterocycles. The maximum absolute atomic E-state index is 12.0. The summed E-state index contributed by atoms with van der Waals surface area (Å²) in [6.07, 6.45) is 0.572. The lowest BCUT2D eigenvalue weighted by Gasteiger charge is -2.10. The fraction of sp³-hybridized carbons (Fsp3) is 0.412. The molecule has 2 N–H and O–H groups in total. The van der Waals surface area contributed by atoms with Gasteiger partial charge in [-0.25, -0.2) is 18.4 Å². The Labute approximate surface area is 161 Å². The molecule has 1 atom stereocenters. The van der Waals surface area contributed by atoms with Gasteiger partial charge in [-0.3, -0.25) is 20.4 Å². The number of nitrogens with zero attached hydrogens (tertiary/aromatic N) is 2. The van der Waals surface area contributed by atoms with Gasteiger partial charge in [0, 0.05) is 11.8 Å². The Bertz CT molecular complexity index is 978. The van der Waals surface area contributed by atoms with E-state index in [1.54, 1.807) is 6.92 Å². The lowest BCUT2D eigenvalue weighted by molar-refractivity contribution is -0.128. The number of fused-ring (bicyclic) bond motifs is 1. The first-order valence-electron chi connectivity index (χ1n) is 8.47. The van der Waals surface area contributed by atoms with Crippen LogP contribution in [0.25, 0.3) is 10.9 Å². The maximum Gasteiger partial charge on any atom is 0.248 e. The van der Waals surface area contributed by atoms with Crippen molar-refractivity contribution in [3.8, 4) is 0 Å². The minimum atomic E-state index is -3.02. The predicted molar refractivity (Wildman–Crippen MR) is 103 cm³/mol. The lowest BCUT2D eigenvalue weighted by Crippen LogP contribution is -2.43. The number of hydrogen-bond donors (Lipinski definition) is 2. The van der Waals surface area contributed by atoms with E-state index in [0.29, 0.717) is 17.3 Å². The summed E-state index contributed by atoms with van der Waals surface area (Å²) in [5, 5.41) is 1.57. The highest BCUT2D eigenvalue weighted by Gasteiger charge is 2.29. The van der Waals surface area contributed by atoms with Crippen molar-refractivity contribution in [2.45, 2.75) is 24.8 Å². The number of rotatable bonds is 5. The standard InChI is InChI=1S/C17H20N4O4S2/c1-11-18-14-5-3-2-4-13(14)17(19-11)26-9-16(23)21-20-15(22)8-12-6-7-27(24,25)10-12/h2-5,12H,6-10H2,1H3,(H,20,22)(H,21,23)/t12-/m0/s1. The number of thioether (sulfide) groups is 1. The van der Waals surface area contributed by atoms with Gasteiger partial charge in [0.1, 0.15) is 10.9 Å². The molecular formula is C17H20N4O4S2. The quantitative estimate of drug-likeness (QED) is 0.430. The molecule has 2 aromatic rings. The SMILES string of the molecule is Cc1nc(SCC(=O)NNC(=O)C[C@@H]2CCS(=O)(=O)C2)c2ccccc2n1. The van der Waals surface area contributed by atoms with Gasteiger partial charge in [-0.15, -0.1) is 0 Å². The Morgan fingerprint density at radius 3 is 2.67 bits per heavy atom. The summed E-state index contributed by atoms with van der Waals surface area (Å²) in [6, 6.07) is 7.56. The molecule has 0 radical (unpaired) electrons. The third-order valence-corrected chi connectivity index (χ3v) is 6.99. The molecule has 0 bridgehead atoms. The van der Waals surface area contributed by atoms with Crippen LogP contribution < -0.4 is 10.9 Å². The number of amides is 2. The molecule has 1 aliphatic rings. The van der Waals surface area contributed by atoms with Crippen molar-refractivity contribution in [2.24, 2.45) is 5.92 Å². The normalized spacial score (nSPS) is 18.3. The van der Waals surface area contributed by atoms with Crippen LogP contribution in [0.15, 0.2) is 29.3 Å². The molecule has 0 aliphatic carbocycles. The summed E-state index contributed by atoms with van der Waals surface area (Å²) < 4.78 is 22.8. The number of aromatic nitrogens is 2. The van der Waals surface area contributed by atoms with E-state index in [0.717, 1.165) is 10.9 Å². The molecule has 1 aromatic carbocycles. The number of carbonyl (C=O) groups excluding carboxylic acids is 2. The van der Waals surface area contributed by atoms with Crippen LogP contribution in [-0.4, -0.2) is 47.5 Å². The first-order chi connectivity index (χ1) is 12.8. The molecule has 1 aromatic heterocycles. The maximum atomic E-state index is 12.0. The molecule has 0 unspecified atom stereocenters. The molecular weight excluding hydrogens is 388 g/mol. The van der Waals surface area contributed by atoms with E-state index in [2.05, 4.69) is 20.8 Å². The van der Waals surface area contributed by atoms with Gasteiger partial charge < -0.3 is 0 Å². The van der Waals surface area contributed by atoms with E-state index in [-0.39, 0.29) is 35.5 Å². The molecule has 0 saturated carbocycles. The predicted octanol–water partition coefficient (Wildman–Crippen LogP) is 1.00. The van der Waals surface area contributed by atoms with Crippen molar-refractivity contribution in [3.05, 3.63) is 30.1 Å². The molecule has 27 heavy (non-hydrogen) atoms. The van der Waals surface area contributed by atoms with Crippen LogP contribution in [0.1, 0.15) is 18.7 Å². The van der Waals surface area contributed by atoms with Crippen molar-refractivity contribution < 1.29 is 18.0 Å². The fourth-order valence-electron chi connectivity index (χ4n) is 2.92. The number of nitrogens with one attached hydrogen (secondary N) is 2. The summed E-state index contributed by atoms with van der Waals surface area (Å²) in [4.78, 5) is 32.6. The second-order valence-electron chi connectivity index (χ2n) is 6.45. The average Bonchev–Trinajstić information content (AvgIpc) is 2.96. The largest absolute Gasteiger partial charge is 0.273 e. The van der Waals surface area contributed by atoms with Crippen LogP contribution in [-0.2, 0) is 19.4 Å². The molecule has 144 valence electrons. The highest BCUT2D eigenvalue weighted by atomic mass is 32.2. The highest BCUT2D eigenvalue weighted by molar-refractivity contribution is 8.00. The van der Waals surface area contributed by atoms with Gasteiger partial charge in [0.15, 0.2) is 9.84 Å². The third-order valence-electron chi connectivity index (χ3n) is 4.16. The Morgan fingerprint density at radius 2 is 1.93 bits per heavy atom. The molecule has 8 nitrogen and oxygen atoms in total. The van der Waals surface area contributed by atoms with Gasteiger partial charge in [-0.1, -0.05) is 30.0 Å². The molecule has 1 saturated heterocycles. The van der Waals surface area contributed by atoms with Gasteiger partial charge in [-0.2, -0.15) is 0 Å². The zero-order valence-corrected chi connectivity index (χ0v) is 16.4. The number of para-hydroxylation sites is 1. The van der Waals surface area contributed by atoms with Crippen LogP contribution in [0.3, 0.4) is 0 Å². The zero-order chi connectivity index (χ0) is 19.4. The first kappa shape index (κ1) is 19.6. The Balaban J connectivity index is 1.48. The second kappa shape index (κ2) is 8.22. The van der Waals surface area contributed by atoms with Gasteiger partial charge in [0.05, 0.1) is 22.8 Å². The van der Waals surface area contributed by atoms with E-state index in [4.69, 9.17) is 0 Å². The smallest absolute Gasteiger partial charge is 0.248 e. The Hall–Kier alpha value is -2.20. The minimum Gasteiger partial charge on any atom is -0.273 e. The summed E-state index contributed by atoms with van der Waals surface area (Å²) in [6.45, 7) is 1.79. The monoisotopic (exact) mass is 408 g/mol. The van der Waals surface area contributed by atoms with Crippen LogP contribution in [0, 0.1) is 12.8 Å². The van der Waals surface area contributed by atoms with Crippen LogP contribution in [0.4, 0.5) is 0 Å². The lowest BCUT2D eigenvalue weighted by atomic mass is 10.1. The molecule has 2 heterocycles. The number of hydrogen-bond acceptors (Lipinski definition) is 7. The minimum absolute atomic E-state index is 0.0321. The Kier molecular flexibility index (Phi) is 5.95. The van der Waals surface area contributed by atoms with E-state index in [1.807, 2.05) is 24.3 Å². The van der Waals surface area contributed by atoms with Crippen molar-refractivity contribution in [2.75, 3.05) is 17.3 Å². The molecule has 0 spiro atoms. The van der Waals surface area contributed by atoms with Crippen LogP contribution in [0.5, 0.6) is 0 Å². The highest BCUT2D eigenvalue weighted by Crippen LogP contribution is 2.25. The van der Waals surface area contributed by atoms with Crippen LogP contribution >= 0.6 is 11.8 Å². The molecule has 10 heteroatoms.